The minimum Gasteiger partial charge on any atom is -0.390 e. The van der Waals surface area contributed by atoms with Crippen LogP contribution in [0.4, 0.5) is 0 Å². The summed E-state index contributed by atoms with van der Waals surface area (Å²) < 4.78 is 2.00. The van der Waals surface area contributed by atoms with Gasteiger partial charge in [-0.25, -0.2) is 9.97 Å². The predicted molar refractivity (Wildman–Crippen MR) is 122 cm³/mol. The topological polar surface area (TPSA) is 80.0 Å². The highest BCUT2D eigenvalue weighted by Crippen LogP contribution is 2.67. The fourth-order valence-corrected chi connectivity index (χ4v) is 8.05. The molecule has 6 nitrogen and oxygen atoms in total. The number of aromatic nitrogens is 3. The number of amides is 1. The lowest BCUT2D eigenvalue weighted by atomic mass is 9.41. The Kier molecular flexibility index (Phi) is 3.99. The van der Waals surface area contributed by atoms with Crippen LogP contribution in [0.15, 0.2) is 48.9 Å². The van der Waals surface area contributed by atoms with Crippen LogP contribution in [-0.2, 0) is 6.54 Å². The first-order valence-electron chi connectivity index (χ1n) is 11.6. The van der Waals surface area contributed by atoms with E-state index in [2.05, 4.69) is 41.3 Å². The maximum Gasteiger partial charge on any atom is 0.253 e. The highest BCUT2D eigenvalue weighted by molar-refractivity contribution is 5.96. The van der Waals surface area contributed by atoms with Crippen molar-refractivity contribution < 1.29 is 9.90 Å². The molecule has 3 aromatic rings. The second-order valence-electron chi connectivity index (χ2n) is 11.6. The molecule has 2 unspecified atom stereocenters. The van der Waals surface area contributed by atoms with E-state index < -0.39 is 5.60 Å². The van der Waals surface area contributed by atoms with Gasteiger partial charge in [-0.05, 0) is 61.0 Å². The fraction of sp³-hybridized carbons (Fsp3) is 0.500. The molecule has 2 atom stereocenters. The number of nitrogens with one attached hydrogen (secondary N) is 1. The number of carbonyl (C=O) groups is 1. The largest absolute Gasteiger partial charge is 0.390 e. The summed E-state index contributed by atoms with van der Waals surface area (Å²) in [5.74, 6) is -0.116. The molecule has 4 saturated carbocycles. The molecule has 4 aliphatic carbocycles. The van der Waals surface area contributed by atoms with Crippen molar-refractivity contribution >= 4 is 17.1 Å². The van der Waals surface area contributed by atoms with E-state index in [1.807, 2.05) is 28.8 Å². The highest BCUT2D eigenvalue weighted by Gasteiger charge is 2.65. The number of carbonyl (C=O) groups excluding carboxylic acids is 1. The molecule has 0 aliphatic heterocycles. The Morgan fingerprint density at radius 3 is 2.44 bits per heavy atom. The van der Waals surface area contributed by atoms with Gasteiger partial charge in [0.25, 0.3) is 5.91 Å². The number of imidazole rings is 1. The van der Waals surface area contributed by atoms with Crippen molar-refractivity contribution in [3.05, 3.63) is 60.0 Å². The molecule has 0 spiro atoms. The zero-order valence-corrected chi connectivity index (χ0v) is 18.8. The molecule has 166 valence electrons. The lowest BCUT2D eigenvalue weighted by molar-refractivity contribution is -0.202. The molecule has 2 heterocycles. The minimum absolute atomic E-state index is 0.0872. The number of rotatable bonds is 4. The molecule has 2 N–H and O–H groups in total. The Balaban J connectivity index is 1.26. The summed E-state index contributed by atoms with van der Waals surface area (Å²) in [5, 5.41) is 14.6. The first-order chi connectivity index (χ1) is 15.2. The molecule has 7 rings (SSSR count). The Labute approximate surface area is 188 Å². The van der Waals surface area contributed by atoms with Crippen LogP contribution < -0.4 is 5.32 Å². The van der Waals surface area contributed by atoms with Gasteiger partial charge in [-0.2, -0.15) is 0 Å². The van der Waals surface area contributed by atoms with Gasteiger partial charge in [0.2, 0.25) is 0 Å². The van der Waals surface area contributed by atoms with Crippen LogP contribution in [0.3, 0.4) is 0 Å². The third kappa shape index (κ3) is 3.24. The number of pyridine rings is 1. The van der Waals surface area contributed by atoms with Gasteiger partial charge in [0.15, 0.2) is 5.65 Å². The van der Waals surface area contributed by atoms with Gasteiger partial charge >= 0.3 is 0 Å². The quantitative estimate of drug-likeness (QED) is 0.654. The Morgan fingerprint density at radius 1 is 1.03 bits per heavy atom. The van der Waals surface area contributed by atoms with E-state index >= 15 is 0 Å². The number of benzene rings is 1. The number of aliphatic hydroxyl groups is 1. The van der Waals surface area contributed by atoms with E-state index in [0.29, 0.717) is 18.5 Å². The Bertz CT molecular complexity index is 1160. The van der Waals surface area contributed by atoms with Crippen LogP contribution in [-0.4, -0.2) is 36.7 Å². The van der Waals surface area contributed by atoms with Gasteiger partial charge in [-0.3, -0.25) is 4.79 Å². The van der Waals surface area contributed by atoms with Gasteiger partial charge in [-0.15, -0.1) is 0 Å². The van der Waals surface area contributed by atoms with E-state index in [1.165, 1.54) is 5.56 Å². The van der Waals surface area contributed by atoms with E-state index in [0.717, 1.165) is 43.3 Å². The number of nitrogens with zero attached hydrogens (tertiary/aromatic N) is 3. The van der Waals surface area contributed by atoms with Crippen molar-refractivity contribution in [3.63, 3.8) is 0 Å². The van der Waals surface area contributed by atoms with Crippen molar-refractivity contribution in [3.8, 4) is 0 Å². The summed E-state index contributed by atoms with van der Waals surface area (Å²) in [7, 11) is 0. The maximum atomic E-state index is 13.3. The molecule has 32 heavy (non-hydrogen) atoms. The summed E-state index contributed by atoms with van der Waals surface area (Å²) in [6.45, 7) is 5.25. The molecular formula is C26H30N4O2. The normalized spacial score (nSPS) is 35.3. The first-order valence-corrected chi connectivity index (χ1v) is 11.6. The van der Waals surface area contributed by atoms with Gasteiger partial charge in [-0.1, -0.05) is 44.2 Å². The summed E-state index contributed by atoms with van der Waals surface area (Å²) in [6.07, 6.45) is 8.78. The van der Waals surface area contributed by atoms with Crippen molar-refractivity contribution in [1.29, 1.82) is 0 Å². The molecule has 0 radical (unpaired) electrons. The summed E-state index contributed by atoms with van der Waals surface area (Å²) in [6, 6.07) is 12.0. The van der Waals surface area contributed by atoms with E-state index in [-0.39, 0.29) is 22.3 Å². The molecule has 0 saturated heterocycles. The third-order valence-corrected chi connectivity index (χ3v) is 7.86. The smallest absolute Gasteiger partial charge is 0.253 e. The Morgan fingerprint density at radius 2 is 1.75 bits per heavy atom. The van der Waals surface area contributed by atoms with Crippen LogP contribution in [0.25, 0.3) is 11.2 Å². The molecule has 6 heteroatoms. The SMILES string of the molecule is CC12CC3(C)CC(O)(C1)CC(NC(=O)c1cnc4c(c1)ncn4Cc1ccccc1)(C2)C3. The van der Waals surface area contributed by atoms with Crippen molar-refractivity contribution in [2.45, 2.75) is 70.1 Å². The second-order valence-corrected chi connectivity index (χ2v) is 11.6. The molecule has 2 aromatic heterocycles. The first kappa shape index (κ1) is 19.9. The van der Waals surface area contributed by atoms with Crippen LogP contribution >= 0.6 is 0 Å². The molecule has 4 bridgehead atoms. The molecule has 4 fully saturated rings. The Hall–Kier alpha value is -2.73. The second kappa shape index (κ2) is 6.41. The molecule has 1 amide bonds. The lowest BCUT2D eigenvalue weighted by Crippen LogP contribution is -2.70. The summed E-state index contributed by atoms with van der Waals surface area (Å²) in [4.78, 5) is 22.4. The van der Waals surface area contributed by atoms with Gasteiger partial charge in [0.1, 0.15) is 5.52 Å². The van der Waals surface area contributed by atoms with Gasteiger partial charge in [0.05, 0.1) is 24.0 Å². The number of hydrogen-bond acceptors (Lipinski definition) is 4. The van der Waals surface area contributed by atoms with Gasteiger partial charge < -0.3 is 15.0 Å². The van der Waals surface area contributed by atoms with E-state index in [4.69, 9.17) is 0 Å². The van der Waals surface area contributed by atoms with Crippen molar-refractivity contribution in [1.82, 2.24) is 19.9 Å². The van der Waals surface area contributed by atoms with E-state index in [9.17, 15) is 9.90 Å². The van der Waals surface area contributed by atoms with Crippen molar-refractivity contribution in [2.75, 3.05) is 0 Å². The average Bonchev–Trinajstić information content (AvgIpc) is 3.07. The third-order valence-electron chi connectivity index (χ3n) is 7.86. The van der Waals surface area contributed by atoms with Gasteiger partial charge in [0, 0.05) is 11.7 Å². The lowest BCUT2D eigenvalue weighted by Gasteiger charge is -2.68. The fourth-order valence-electron chi connectivity index (χ4n) is 8.05. The zero-order valence-electron chi connectivity index (χ0n) is 18.8. The van der Waals surface area contributed by atoms with Crippen LogP contribution in [0.1, 0.15) is 68.3 Å². The summed E-state index contributed by atoms with van der Waals surface area (Å²) in [5.41, 5.74) is 2.37. The maximum absolute atomic E-state index is 13.3. The highest BCUT2D eigenvalue weighted by atomic mass is 16.3. The van der Waals surface area contributed by atoms with E-state index in [1.54, 1.807) is 12.5 Å². The zero-order chi connectivity index (χ0) is 22.2. The molecule has 1 aromatic carbocycles. The predicted octanol–water partition coefficient (Wildman–Crippen LogP) is 4.07. The van der Waals surface area contributed by atoms with Crippen LogP contribution in [0.5, 0.6) is 0 Å². The van der Waals surface area contributed by atoms with Crippen molar-refractivity contribution in [2.24, 2.45) is 10.8 Å². The monoisotopic (exact) mass is 430 g/mol. The molecule has 4 aliphatic rings. The van der Waals surface area contributed by atoms with Crippen LogP contribution in [0, 0.1) is 10.8 Å². The number of hydrogen-bond donors (Lipinski definition) is 2. The molecular weight excluding hydrogens is 400 g/mol. The summed E-state index contributed by atoms with van der Waals surface area (Å²) >= 11 is 0. The minimum atomic E-state index is -0.663. The van der Waals surface area contributed by atoms with Crippen LogP contribution in [0.2, 0.25) is 0 Å². The number of fused-ring (bicyclic) bond motifs is 1. The standard InChI is InChI=1S/C26H30N4O2/c1-23-11-24(2)13-25(12-23,16-26(32,14-23)15-24)29-22(31)19-8-20-21(27-9-19)30(17-28-20)10-18-6-4-3-5-7-18/h3-9,17,32H,10-16H2,1-2H3,(H,29,31). The average molecular weight is 431 g/mol.